The van der Waals surface area contributed by atoms with E-state index in [1.807, 2.05) is 5.32 Å². The zero-order valence-corrected chi connectivity index (χ0v) is 12.3. The number of rotatable bonds is 5. The first kappa shape index (κ1) is 17.0. The lowest BCUT2D eigenvalue weighted by molar-refractivity contribution is -0.123. The van der Waals surface area contributed by atoms with Crippen LogP contribution in [-0.2, 0) is 9.53 Å². The molecule has 0 aromatic heterocycles. The highest BCUT2D eigenvalue weighted by atomic mass is 35.5. The van der Waals surface area contributed by atoms with Crippen molar-refractivity contribution >= 4 is 41.1 Å². The van der Waals surface area contributed by atoms with Gasteiger partial charge in [0, 0.05) is 11.6 Å². The molecule has 0 saturated heterocycles. The second kappa shape index (κ2) is 8.28. The molecular weight excluding hydrogens is 319 g/mol. The zero-order chi connectivity index (χ0) is 15.8. The lowest BCUT2D eigenvalue weighted by Gasteiger charge is -2.07. The number of carbonyl (C=O) groups is 3. The quantitative estimate of drug-likeness (QED) is 0.640. The van der Waals surface area contributed by atoms with Gasteiger partial charge in [-0.1, -0.05) is 29.3 Å². The average molecular weight is 331 g/mol. The molecule has 2 N–H and O–H groups in total. The van der Waals surface area contributed by atoms with Gasteiger partial charge in [-0.05, 0) is 18.2 Å². The maximum atomic E-state index is 11.7. The minimum absolute atomic E-state index is 0.0741. The Morgan fingerprint density at radius 1 is 1.29 bits per heavy atom. The van der Waals surface area contributed by atoms with Gasteiger partial charge in [-0.2, -0.15) is 0 Å². The minimum atomic E-state index is -0.793. The Hall–Kier alpha value is -2.05. The minimum Gasteiger partial charge on any atom is -0.452 e. The van der Waals surface area contributed by atoms with Crippen LogP contribution in [0, 0.1) is 0 Å². The van der Waals surface area contributed by atoms with Gasteiger partial charge in [0.05, 0.1) is 10.6 Å². The molecule has 0 atom stereocenters. The second-order valence-electron chi connectivity index (χ2n) is 3.75. The van der Waals surface area contributed by atoms with Crippen molar-refractivity contribution in [3.8, 4) is 0 Å². The summed E-state index contributed by atoms with van der Waals surface area (Å²) in [5, 5.41) is 4.79. The van der Waals surface area contributed by atoms with E-state index in [1.165, 1.54) is 24.3 Å². The van der Waals surface area contributed by atoms with Crippen molar-refractivity contribution in [3.63, 3.8) is 0 Å². The third-order valence-electron chi connectivity index (χ3n) is 2.15. The first-order chi connectivity index (χ1) is 9.93. The summed E-state index contributed by atoms with van der Waals surface area (Å²) < 4.78 is 4.74. The molecule has 8 heteroatoms. The molecule has 0 aliphatic rings. The number of carbonyl (C=O) groups excluding carboxylic acids is 3. The van der Waals surface area contributed by atoms with Crippen LogP contribution < -0.4 is 10.6 Å². The molecule has 1 aromatic carbocycles. The summed E-state index contributed by atoms with van der Waals surface area (Å²) in [6.07, 6.45) is 1.45. The van der Waals surface area contributed by atoms with Crippen LogP contribution in [0.1, 0.15) is 10.4 Å². The predicted molar refractivity (Wildman–Crippen MR) is 78.5 cm³/mol. The summed E-state index contributed by atoms with van der Waals surface area (Å²) in [7, 11) is 0. The molecular formula is C13H12Cl2N2O4. The summed E-state index contributed by atoms with van der Waals surface area (Å²) in [5.41, 5.74) is 0.0741. The van der Waals surface area contributed by atoms with Crippen LogP contribution >= 0.6 is 23.2 Å². The van der Waals surface area contributed by atoms with Gasteiger partial charge in [0.1, 0.15) is 0 Å². The monoisotopic (exact) mass is 330 g/mol. The van der Waals surface area contributed by atoms with E-state index in [0.29, 0.717) is 5.02 Å². The summed E-state index contributed by atoms with van der Waals surface area (Å²) in [6.45, 7) is 3.00. The van der Waals surface area contributed by atoms with Crippen LogP contribution in [-0.4, -0.2) is 31.1 Å². The molecule has 0 bridgehead atoms. The largest absolute Gasteiger partial charge is 0.452 e. The number of ether oxygens (including phenoxy) is 1. The van der Waals surface area contributed by atoms with E-state index in [-0.39, 0.29) is 17.1 Å². The average Bonchev–Trinajstić information content (AvgIpc) is 2.42. The molecule has 0 fully saturated rings. The van der Waals surface area contributed by atoms with Gasteiger partial charge in [0.15, 0.2) is 6.61 Å². The fourth-order valence-electron chi connectivity index (χ4n) is 1.24. The second-order valence-corrected chi connectivity index (χ2v) is 4.59. The number of imide groups is 1. The van der Waals surface area contributed by atoms with Crippen molar-refractivity contribution in [2.75, 3.05) is 13.2 Å². The Kier molecular flexibility index (Phi) is 6.71. The van der Waals surface area contributed by atoms with Crippen molar-refractivity contribution in [3.05, 3.63) is 46.5 Å². The molecule has 0 radical (unpaired) electrons. The number of amides is 3. The van der Waals surface area contributed by atoms with E-state index in [2.05, 4.69) is 11.9 Å². The molecule has 0 aliphatic heterocycles. The van der Waals surface area contributed by atoms with Crippen molar-refractivity contribution < 1.29 is 19.1 Å². The van der Waals surface area contributed by atoms with Crippen LogP contribution in [0.2, 0.25) is 10.0 Å². The highest BCUT2D eigenvalue weighted by molar-refractivity contribution is 6.36. The Morgan fingerprint density at radius 2 is 2.00 bits per heavy atom. The van der Waals surface area contributed by atoms with E-state index in [9.17, 15) is 14.4 Å². The van der Waals surface area contributed by atoms with Gasteiger partial charge >= 0.3 is 12.0 Å². The van der Waals surface area contributed by atoms with Gasteiger partial charge in [0.25, 0.3) is 5.91 Å². The summed E-state index contributed by atoms with van der Waals surface area (Å²) >= 11 is 11.5. The Labute approximate surface area is 131 Å². The first-order valence-corrected chi connectivity index (χ1v) is 6.50. The Bertz CT molecular complexity index is 575. The standard InChI is InChI=1S/C13H12Cl2N2O4/c1-2-5-16-13(20)17-11(18)7-21-12(19)9-4-3-8(14)6-10(9)15/h2-4,6H,1,5,7H2,(H2,16,17,18,20). The molecule has 0 spiro atoms. The molecule has 21 heavy (non-hydrogen) atoms. The normalized spacial score (nSPS) is 9.62. The molecule has 0 unspecified atom stereocenters. The van der Waals surface area contributed by atoms with E-state index in [0.717, 1.165) is 0 Å². The van der Waals surface area contributed by atoms with Gasteiger partial charge in [0.2, 0.25) is 0 Å². The number of benzene rings is 1. The molecule has 0 saturated carbocycles. The molecule has 0 heterocycles. The molecule has 6 nitrogen and oxygen atoms in total. The highest BCUT2D eigenvalue weighted by Crippen LogP contribution is 2.21. The van der Waals surface area contributed by atoms with Crippen molar-refractivity contribution in [1.82, 2.24) is 10.6 Å². The van der Waals surface area contributed by atoms with Crippen molar-refractivity contribution in [2.45, 2.75) is 0 Å². The van der Waals surface area contributed by atoms with Gasteiger partial charge in [-0.3, -0.25) is 10.1 Å². The fourth-order valence-corrected chi connectivity index (χ4v) is 1.72. The van der Waals surface area contributed by atoms with E-state index in [1.54, 1.807) is 0 Å². The maximum Gasteiger partial charge on any atom is 0.340 e. The summed E-state index contributed by atoms with van der Waals surface area (Å²) in [6, 6.07) is 3.51. The number of esters is 1. The van der Waals surface area contributed by atoms with E-state index < -0.39 is 24.5 Å². The van der Waals surface area contributed by atoms with E-state index in [4.69, 9.17) is 27.9 Å². The number of hydrogen-bond donors (Lipinski definition) is 2. The third-order valence-corrected chi connectivity index (χ3v) is 2.69. The SMILES string of the molecule is C=CCNC(=O)NC(=O)COC(=O)c1ccc(Cl)cc1Cl. The summed E-state index contributed by atoms with van der Waals surface area (Å²) in [5.74, 6) is -1.56. The Morgan fingerprint density at radius 3 is 2.62 bits per heavy atom. The fraction of sp³-hybridized carbons (Fsp3) is 0.154. The number of nitrogens with one attached hydrogen (secondary N) is 2. The summed E-state index contributed by atoms with van der Waals surface area (Å²) in [4.78, 5) is 34.2. The Balaban J connectivity index is 2.47. The van der Waals surface area contributed by atoms with Gasteiger partial charge in [-0.15, -0.1) is 6.58 Å². The molecule has 1 rings (SSSR count). The highest BCUT2D eigenvalue weighted by Gasteiger charge is 2.15. The lowest BCUT2D eigenvalue weighted by Crippen LogP contribution is -2.41. The predicted octanol–water partition coefficient (Wildman–Crippen LogP) is 2.16. The van der Waals surface area contributed by atoms with Crippen LogP contribution in [0.5, 0.6) is 0 Å². The van der Waals surface area contributed by atoms with E-state index >= 15 is 0 Å². The van der Waals surface area contributed by atoms with Crippen LogP contribution in [0.4, 0.5) is 4.79 Å². The van der Waals surface area contributed by atoms with Crippen LogP contribution in [0.3, 0.4) is 0 Å². The number of hydrogen-bond acceptors (Lipinski definition) is 4. The van der Waals surface area contributed by atoms with Gasteiger partial charge < -0.3 is 10.1 Å². The molecule has 3 amide bonds. The number of urea groups is 1. The van der Waals surface area contributed by atoms with Crippen LogP contribution in [0.15, 0.2) is 30.9 Å². The van der Waals surface area contributed by atoms with Crippen molar-refractivity contribution in [2.24, 2.45) is 0 Å². The van der Waals surface area contributed by atoms with Gasteiger partial charge in [-0.25, -0.2) is 9.59 Å². The number of halogens is 2. The maximum absolute atomic E-state index is 11.7. The third kappa shape index (κ3) is 5.85. The smallest absolute Gasteiger partial charge is 0.340 e. The van der Waals surface area contributed by atoms with Crippen LogP contribution in [0.25, 0.3) is 0 Å². The molecule has 1 aromatic rings. The first-order valence-electron chi connectivity index (χ1n) is 5.74. The zero-order valence-electron chi connectivity index (χ0n) is 10.8. The molecule has 112 valence electrons. The topological polar surface area (TPSA) is 84.5 Å². The molecule has 0 aliphatic carbocycles. The lowest BCUT2D eigenvalue weighted by atomic mass is 10.2. The van der Waals surface area contributed by atoms with Crippen molar-refractivity contribution in [1.29, 1.82) is 0 Å².